The number of hydrogen-bond donors (Lipinski definition) is 1. The molecule has 3 heteroatoms. The molecular weight excluding hydrogens is 188 g/mol. The van der Waals surface area contributed by atoms with E-state index >= 15 is 0 Å². The van der Waals surface area contributed by atoms with Crippen LogP contribution in [0, 0.1) is 5.92 Å². The molecule has 15 heavy (non-hydrogen) atoms. The van der Waals surface area contributed by atoms with Gasteiger partial charge in [-0.15, -0.1) is 0 Å². The Hall–Kier alpha value is -0.120. The van der Waals surface area contributed by atoms with Gasteiger partial charge in [0.2, 0.25) is 0 Å². The van der Waals surface area contributed by atoms with Gasteiger partial charge < -0.3 is 15.4 Å². The van der Waals surface area contributed by atoms with E-state index in [4.69, 9.17) is 10.5 Å². The zero-order valence-corrected chi connectivity index (χ0v) is 10.7. The molecule has 0 saturated carbocycles. The zero-order valence-electron chi connectivity index (χ0n) is 10.7. The lowest BCUT2D eigenvalue weighted by atomic mass is 10.0. The minimum atomic E-state index is 0.780. The number of nitrogens with two attached hydrogens (primary N) is 1. The Labute approximate surface area is 95.0 Å². The van der Waals surface area contributed by atoms with Gasteiger partial charge in [-0.1, -0.05) is 6.92 Å². The third-order valence-corrected chi connectivity index (χ3v) is 2.78. The molecule has 0 rings (SSSR count). The van der Waals surface area contributed by atoms with E-state index in [0.29, 0.717) is 0 Å². The fourth-order valence-electron chi connectivity index (χ4n) is 1.73. The standard InChI is InChI=1S/C12H28N2O/c1-12(7-8-13)6-4-9-14(2)10-5-11-15-3/h12H,4-11,13H2,1-3H3. The zero-order chi connectivity index (χ0) is 11.5. The Morgan fingerprint density at radius 2 is 1.87 bits per heavy atom. The van der Waals surface area contributed by atoms with E-state index in [1.807, 2.05) is 0 Å². The van der Waals surface area contributed by atoms with Crippen LogP contribution in [-0.4, -0.2) is 45.3 Å². The molecule has 0 amide bonds. The summed E-state index contributed by atoms with van der Waals surface area (Å²) in [4.78, 5) is 2.38. The first-order valence-corrected chi connectivity index (χ1v) is 6.08. The van der Waals surface area contributed by atoms with Crippen LogP contribution in [0.5, 0.6) is 0 Å². The van der Waals surface area contributed by atoms with Crippen molar-refractivity contribution in [1.82, 2.24) is 4.90 Å². The van der Waals surface area contributed by atoms with Crippen LogP contribution in [0.15, 0.2) is 0 Å². The van der Waals surface area contributed by atoms with Crippen LogP contribution < -0.4 is 5.73 Å². The van der Waals surface area contributed by atoms with E-state index in [9.17, 15) is 0 Å². The molecule has 0 aliphatic rings. The summed E-state index contributed by atoms with van der Waals surface area (Å²) in [6, 6.07) is 0. The second-order valence-electron chi connectivity index (χ2n) is 4.47. The van der Waals surface area contributed by atoms with Crippen molar-refractivity contribution in [2.24, 2.45) is 11.7 Å². The van der Waals surface area contributed by atoms with Gasteiger partial charge in [-0.3, -0.25) is 0 Å². The third-order valence-electron chi connectivity index (χ3n) is 2.78. The van der Waals surface area contributed by atoms with Gasteiger partial charge in [0.25, 0.3) is 0 Å². The molecule has 2 N–H and O–H groups in total. The summed E-state index contributed by atoms with van der Waals surface area (Å²) in [7, 11) is 3.94. The van der Waals surface area contributed by atoms with Crippen LogP contribution >= 0.6 is 0 Å². The molecular formula is C12H28N2O. The quantitative estimate of drug-likeness (QED) is 0.565. The summed E-state index contributed by atoms with van der Waals surface area (Å²) in [6.45, 7) is 6.31. The van der Waals surface area contributed by atoms with Gasteiger partial charge in [0, 0.05) is 20.3 Å². The average molecular weight is 216 g/mol. The highest BCUT2D eigenvalue weighted by Gasteiger charge is 2.02. The van der Waals surface area contributed by atoms with Crippen molar-refractivity contribution >= 4 is 0 Å². The number of nitrogens with zero attached hydrogens (tertiary/aromatic N) is 1. The Morgan fingerprint density at radius 1 is 1.20 bits per heavy atom. The van der Waals surface area contributed by atoms with Crippen LogP contribution in [0.4, 0.5) is 0 Å². The molecule has 0 bridgehead atoms. The Kier molecular flexibility index (Phi) is 10.3. The highest BCUT2D eigenvalue weighted by molar-refractivity contribution is 4.57. The molecule has 1 unspecified atom stereocenters. The van der Waals surface area contributed by atoms with Crippen molar-refractivity contribution in [2.75, 3.05) is 40.4 Å². The highest BCUT2D eigenvalue weighted by Crippen LogP contribution is 2.09. The molecule has 3 nitrogen and oxygen atoms in total. The van der Waals surface area contributed by atoms with Gasteiger partial charge in [-0.2, -0.15) is 0 Å². The van der Waals surface area contributed by atoms with Crippen molar-refractivity contribution in [3.8, 4) is 0 Å². The molecule has 92 valence electrons. The number of hydrogen-bond acceptors (Lipinski definition) is 3. The van der Waals surface area contributed by atoms with E-state index in [2.05, 4.69) is 18.9 Å². The first kappa shape index (κ1) is 14.9. The van der Waals surface area contributed by atoms with E-state index < -0.39 is 0 Å². The van der Waals surface area contributed by atoms with Crippen LogP contribution in [0.3, 0.4) is 0 Å². The number of methoxy groups -OCH3 is 1. The molecule has 0 heterocycles. The van der Waals surface area contributed by atoms with E-state index in [0.717, 1.165) is 38.5 Å². The van der Waals surface area contributed by atoms with Gasteiger partial charge in [0.1, 0.15) is 0 Å². The van der Waals surface area contributed by atoms with Crippen molar-refractivity contribution in [3.63, 3.8) is 0 Å². The van der Waals surface area contributed by atoms with Crippen molar-refractivity contribution in [3.05, 3.63) is 0 Å². The maximum atomic E-state index is 5.52. The van der Waals surface area contributed by atoms with Gasteiger partial charge in [0.15, 0.2) is 0 Å². The maximum Gasteiger partial charge on any atom is 0.0474 e. The fourth-order valence-corrected chi connectivity index (χ4v) is 1.73. The number of rotatable bonds is 10. The van der Waals surface area contributed by atoms with Crippen LogP contribution in [0.25, 0.3) is 0 Å². The van der Waals surface area contributed by atoms with E-state index in [1.165, 1.54) is 19.4 Å². The Morgan fingerprint density at radius 3 is 2.47 bits per heavy atom. The Bertz CT molecular complexity index is 131. The summed E-state index contributed by atoms with van der Waals surface area (Å²) in [5.41, 5.74) is 5.52. The van der Waals surface area contributed by atoms with Crippen LogP contribution in [0.2, 0.25) is 0 Å². The monoisotopic (exact) mass is 216 g/mol. The van der Waals surface area contributed by atoms with Crippen molar-refractivity contribution < 1.29 is 4.74 Å². The second kappa shape index (κ2) is 10.4. The van der Waals surface area contributed by atoms with Crippen LogP contribution in [-0.2, 0) is 4.74 Å². The largest absolute Gasteiger partial charge is 0.385 e. The molecule has 0 saturated heterocycles. The maximum absolute atomic E-state index is 5.52. The third kappa shape index (κ3) is 10.2. The molecule has 0 aliphatic carbocycles. The molecule has 0 aromatic carbocycles. The lowest BCUT2D eigenvalue weighted by Gasteiger charge is -2.17. The minimum Gasteiger partial charge on any atom is -0.385 e. The average Bonchev–Trinajstić information content (AvgIpc) is 2.18. The van der Waals surface area contributed by atoms with Crippen LogP contribution in [0.1, 0.15) is 32.6 Å². The predicted octanol–water partition coefficient (Wildman–Crippen LogP) is 1.72. The second-order valence-corrected chi connectivity index (χ2v) is 4.47. The molecule has 0 radical (unpaired) electrons. The minimum absolute atomic E-state index is 0.780. The molecule has 0 fully saturated rings. The molecule has 1 atom stereocenters. The molecule has 0 aliphatic heterocycles. The van der Waals surface area contributed by atoms with E-state index in [-0.39, 0.29) is 0 Å². The topological polar surface area (TPSA) is 38.5 Å². The van der Waals surface area contributed by atoms with E-state index in [1.54, 1.807) is 7.11 Å². The van der Waals surface area contributed by atoms with Gasteiger partial charge >= 0.3 is 0 Å². The van der Waals surface area contributed by atoms with Crippen molar-refractivity contribution in [1.29, 1.82) is 0 Å². The Balaban J connectivity index is 3.26. The summed E-state index contributed by atoms with van der Waals surface area (Å²) < 4.78 is 5.03. The SMILES string of the molecule is COCCCN(C)CCCC(C)CCN. The van der Waals surface area contributed by atoms with Crippen molar-refractivity contribution in [2.45, 2.75) is 32.6 Å². The normalized spacial score (nSPS) is 13.4. The van der Waals surface area contributed by atoms with Gasteiger partial charge in [-0.05, 0) is 51.7 Å². The molecule has 0 aromatic heterocycles. The lowest BCUT2D eigenvalue weighted by molar-refractivity contribution is 0.178. The molecule has 0 spiro atoms. The first-order chi connectivity index (χ1) is 7.20. The summed E-state index contributed by atoms with van der Waals surface area (Å²) in [6.07, 6.45) is 4.87. The molecule has 0 aromatic rings. The summed E-state index contributed by atoms with van der Waals surface area (Å²) in [5, 5.41) is 0. The first-order valence-electron chi connectivity index (χ1n) is 6.08. The summed E-state index contributed by atoms with van der Waals surface area (Å²) in [5.74, 6) is 0.780. The highest BCUT2D eigenvalue weighted by atomic mass is 16.5. The fraction of sp³-hybridized carbons (Fsp3) is 1.00. The predicted molar refractivity (Wildman–Crippen MR) is 66.1 cm³/mol. The van der Waals surface area contributed by atoms with Gasteiger partial charge in [-0.25, -0.2) is 0 Å². The number of ether oxygens (including phenoxy) is 1. The summed E-state index contributed by atoms with van der Waals surface area (Å²) >= 11 is 0. The van der Waals surface area contributed by atoms with Gasteiger partial charge in [0.05, 0.1) is 0 Å². The smallest absolute Gasteiger partial charge is 0.0474 e. The lowest BCUT2D eigenvalue weighted by Crippen LogP contribution is -2.22.